The molecule has 7 atom stereocenters. The minimum absolute atomic E-state index is 0.000524. The number of aromatic hydroxyl groups is 1. The number of thioether (sulfide) groups is 1. The van der Waals surface area contributed by atoms with Crippen molar-refractivity contribution in [2.24, 2.45) is 29.6 Å². The van der Waals surface area contributed by atoms with Crippen molar-refractivity contribution in [3.05, 3.63) is 92.7 Å². The van der Waals surface area contributed by atoms with Crippen LogP contribution < -0.4 is 24.6 Å². The van der Waals surface area contributed by atoms with E-state index in [1.807, 2.05) is 12.1 Å². The molecule has 8 rings (SSSR count). The average Bonchev–Trinajstić information content (AvgIpc) is 3.80. The molecule has 3 heterocycles. The first-order valence-electron chi connectivity index (χ1n) is 15.1. The molecule has 2 saturated carbocycles. The summed E-state index contributed by atoms with van der Waals surface area (Å²) in [5.74, 6) is -1.82. The number of carbonyl (C=O) groups is 3. The largest absolute Gasteiger partial charge is 0.508 e. The van der Waals surface area contributed by atoms with E-state index in [-0.39, 0.29) is 58.0 Å². The number of carbonyl (C=O) groups excluding carboxylic acids is 3. The van der Waals surface area contributed by atoms with Gasteiger partial charge in [-0.25, -0.2) is 4.39 Å². The van der Waals surface area contributed by atoms with Crippen molar-refractivity contribution in [1.29, 1.82) is 0 Å². The highest BCUT2D eigenvalue weighted by Gasteiger charge is 2.69. The Balaban J connectivity index is 1.09. The molecule has 1 saturated heterocycles. The zero-order chi connectivity index (χ0) is 32.6. The summed E-state index contributed by atoms with van der Waals surface area (Å²) in [4.78, 5) is 57.8. The van der Waals surface area contributed by atoms with E-state index in [2.05, 4.69) is 10.3 Å². The molecule has 13 heteroatoms. The minimum atomic E-state index is -0.490. The molecule has 47 heavy (non-hydrogen) atoms. The predicted octanol–water partition coefficient (Wildman–Crippen LogP) is 4.99. The number of H-pyrrole nitrogens is 1. The zero-order valence-electron chi connectivity index (χ0n) is 24.8. The summed E-state index contributed by atoms with van der Waals surface area (Å²) < 4.78 is 25.2. The van der Waals surface area contributed by atoms with Gasteiger partial charge in [-0.3, -0.25) is 24.1 Å². The summed E-state index contributed by atoms with van der Waals surface area (Å²) in [6, 6.07) is 17.0. The molecule has 4 aliphatic rings. The third-order valence-corrected chi connectivity index (χ3v) is 12.5. The highest BCUT2D eigenvalue weighted by atomic mass is 32.2. The second kappa shape index (κ2) is 11.3. The number of phenolic OH excluding ortho intramolecular Hbond substituents is 1. The molecule has 0 radical (unpaired) electrons. The smallest absolute Gasteiger partial charge is 0.305 e. The number of imide groups is 1. The normalized spacial score (nSPS) is 26.9. The number of amides is 3. The van der Waals surface area contributed by atoms with Gasteiger partial charge in [0.25, 0.3) is 5.91 Å². The average molecular weight is 674 g/mol. The van der Waals surface area contributed by atoms with E-state index >= 15 is 0 Å². The number of hydrogen-bond acceptors (Lipinski definition) is 9. The van der Waals surface area contributed by atoms with Crippen molar-refractivity contribution < 1.29 is 33.4 Å². The Morgan fingerprint density at radius 1 is 1.00 bits per heavy atom. The van der Waals surface area contributed by atoms with Gasteiger partial charge in [-0.05, 0) is 90.4 Å². The summed E-state index contributed by atoms with van der Waals surface area (Å²) in [5, 5.41) is 13.0. The number of rotatable bonds is 7. The topological polar surface area (TPSA) is 138 Å². The Kier molecular flexibility index (Phi) is 7.14. The highest BCUT2D eigenvalue weighted by Crippen LogP contribution is 2.68. The van der Waals surface area contributed by atoms with E-state index in [1.54, 1.807) is 30.0 Å². The number of thiazole rings is 1. The van der Waals surface area contributed by atoms with Crippen LogP contribution in [0.1, 0.15) is 22.8 Å². The van der Waals surface area contributed by atoms with Crippen molar-refractivity contribution in [2.75, 3.05) is 23.9 Å². The quantitative estimate of drug-likeness (QED) is 0.185. The molecule has 3 N–H and O–H groups in total. The van der Waals surface area contributed by atoms with E-state index < -0.39 is 23.6 Å². The minimum Gasteiger partial charge on any atom is -0.508 e. The molecule has 3 amide bonds. The lowest BCUT2D eigenvalue weighted by Crippen LogP contribution is -2.42. The molecule has 0 spiro atoms. The molecule has 10 nitrogen and oxygen atoms in total. The fourth-order valence-electron chi connectivity index (χ4n) is 8.12. The number of ether oxygens (including phenoxy) is 2. The first kappa shape index (κ1) is 29.8. The first-order valence-corrected chi connectivity index (χ1v) is 16.8. The molecular weight excluding hydrogens is 646 g/mol. The fourth-order valence-corrected chi connectivity index (χ4v) is 11.0. The molecule has 2 bridgehead atoms. The van der Waals surface area contributed by atoms with Crippen LogP contribution in [0.3, 0.4) is 0 Å². The lowest BCUT2D eigenvalue weighted by molar-refractivity contribution is -0.123. The standard InChI is InChI=1S/C34H28FN3O7S2/c1-44-23-12-15(2-11-22(23)45-14-24(40)36-17-5-9-19(39)10-6-17)25-26-20-13-21(29(26)46-31-30(25)47-34(43)37-31)28-27(20)32(41)38(33(28)42)18-7-3-16(35)4-8-18/h2-12,20-21,25-29,39H,13-14H2,1H3,(H,36,40)(H,37,43)/t20?,21?,25-,26?,27?,28?,29?/m1/s1. The van der Waals surface area contributed by atoms with E-state index in [4.69, 9.17) is 9.47 Å². The van der Waals surface area contributed by atoms with Gasteiger partial charge in [0.1, 0.15) is 11.6 Å². The molecule has 3 fully saturated rings. The molecule has 2 aliphatic heterocycles. The van der Waals surface area contributed by atoms with Crippen molar-refractivity contribution in [3.63, 3.8) is 0 Å². The third-order valence-electron chi connectivity index (χ3n) is 9.87. The number of aromatic nitrogens is 1. The van der Waals surface area contributed by atoms with Gasteiger partial charge in [-0.2, -0.15) is 0 Å². The number of aromatic amines is 1. The Bertz CT molecular complexity index is 1980. The second-order valence-corrected chi connectivity index (χ2v) is 14.4. The highest BCUT2D eigenvalue weighted by molar-refractivity contribution is 8.00. The van der Waals surface area contributed by atoms with Crippen LogP contribution in [0.25, 0.3) is 0 Å². The Morgan fingerprint density at radius 2 is 1.72 bits per heavy atom. The van der Waals surface area contributed by atoms with Crippen molar-refractivity contribution in [1.82, 2.24) is 4.98 Å². The van der Waals surface area contributed by atoms with E-state index in [9.17, 15) is 28.7 Å². The van der Waals surface area contributed by atoms with E-state index in [1.165, 1.54) is 48.4 Å². The fraction of sp³-hybridized carbons (Fsp3) is 0.294. The number of benzene rings is 3. The molecular formula is C34H28FN3O7S2. The Morgan fingerprint density at radius 3 is 2.45 bits per heavy atom. The van der Waals surface area contributed by atoms with Crippen LogP contribution in [0.2, 0.25) is 0 Å². The van der Waals surface area contributed by atoms with Crippen molar-refractivity contribution in [2.45, 2.75) is 22.6 Å². The van der Waals surface area contributed by atoms with Crippen LogP contribution in [0.4, 0.5) is 15.8 Å². The number of halogens is 1. The maximum Gasteiger partial charge on any atom is 0.305 e. The van der Waals surface area contributed by atoms with Gasteiger partial charge in [0.05, 0.1) is 29.7 Å². The number of phenols is 1. The molecule has 1 aromatic heterocycles. The zero-order valence-corrected chi connectivity index (χ0v) is 26.5. The summed E-state index contributed by atoms with van der Waals surface area (Å²) in [6.45, 7) is -0.279. The Hall–Kier alpha value is -4.62. The molecule has 6 unspecified atom stereocenters. The second-order valence-electron chi connectivity index (χ2n) is 12.2. The predicted molar refractivity (Wildman–Crippen MR) is 173 cm³/mol. The monoisotopic (exact) mass is 673 g/mol. The van der Waals surface area contributed by atoms with E-state index in [0.717, 1.165) is 33.2 Å². The van der Waals surface area contributed by atoms with Crippen molar-refractivity contribution >= 4 is 52.2 Å². The summed E-state index contributed by atoms with van der Waals surface area (Å²) in [6.07, 6.45) is 0.733. The van der Waals surface area contributed by atoms with Gasteiger partial charge in [0, 0.05) is 21.7 Å². The van der Waals surface area contributed by atoms with Crippen LogP contribution in [0, 0.1) is 35.4 Å². The van der Waals surface area contributed by atoms with Gasteiger partial charge < -0.3 is 24.9 Å². The third kappa shape index (κ3) is 4.82. The van der Waals surface area contributed by atoms with E-state index in [0.29, 0.717) is 22.9 Å². The number of methoxy groups -OCH3 is 1. The Labute approximate surface area is 275 Å². The lowest BCUT2D eigenvalue weighted by atomic mass is 9.68. The van der Waals surface area contributed by atoms with Crippen LogP contribution in [-0.4, -0.2) is 46.8 Å². The summed E-state index contributed by atoms with van der Waals surface area (Å²) in [7, 11) is 1.51. The van der Waals surface area contributed by atoms with Gasteiger partial charge in [0.15, 0.2) is 18.1 Å². The lowest BCUT2D eigenvalue weighted by Gasteiger charge is -2.43. The van der Waals surface area contributed by atoms with Crippen LogP contribution in [0.15, 0.2) is 76.6 Å². The number of nitrogens with one attached hydrogen (secondary N) is 2. The van der Waals surface area contributed by atoms with Gasteiger partial charge >= 0.3 is 4.87 Å². The summed E-state index contributed by atoms with van der Waals surface area (Å²) in [5.41, 5.74) is 1.77. The summed E-state index contributed by atoms with van der Waals surface area (Å²) >= 11 is 2.75. The van der Waals surface area contributed by atoms with Crippen LogP contribution in [0.5, 0.6) is 17.2 Å². The maximum absolute atomic E-state index is 13.9. The first-order chi connectivity index (χ1) is 22.7. The maximum atomic E-state index is 13.9. The van der Waals surface area contributed by atoms with Crippen molar-refractivity contribution in [3.8, 4) is 17.2 Å². The van der Waals surface area contributed by atoms with Gasteiger partial charge in [-0.15, -0.1) is 11.8 Å². The molecule has 4 aromatic rings. The number of nitrogens with zero attached hydrogens (tertiary/aromatic N) is 1. The SMILES string of the molecule is COc1cc([C@H]2c3sc(=O)[nH]c3SC3C4CC(C5C(=O)N(c6ccc(F)cc6)C(=O)C45)C32)ccc1OCC(=O)Nc1ccc(O)cc1. The number of anilines is 2. The van der Waals surface area contributed by atoms with Crippen LogP contribution in [-0.2, 0) is 14.4 Å². The van der Waals surface area contributed by atoms with Crippen LogP contribution >= 0.6 is 23.1 Å². The number of fused-ring (bicyclic) bond motifs is 9. The number of hydrogen-bond donors (Lipinski definition) is 3. The van der Waals surface area contributed by atoms with Gasteiger partial charge in [0.2, 0.25) is 11.8 Å². The molecule has 3 aromatic carbocycles. The van der Waals surface area contributed by atoms with Gasteiger partial charge in [-0.1, -0.05) is 17.4 Å². The molecule has 2 aliphatic carbocycles. The molecule has 240 valence electrons.